The van der Waals surface area contributed by atoms with E-state index in [0.29, 0.717) is 11.5 Å². The fraction of sp³-hybridized carbons (Fsp3) is 0.130. The van der Waals surface area contributed by atoms with Gasteiger partial charge in [0.25, 0.3) is 0 Å². The van der Waals surface area contributed by atoms with Gasteiger partial charge in [0.2, 0.25) is 6.41 Å². The number of carbonyl (C=O) groups excluding carboxylic acids is 1. The predicted octanol–water partition coefficient (Wildman–Crippen LogP) is 4.10. The Labute approximate surface area is 171 Å². The summed E-state index contributed by atoms with van der Waals surface area (Å²) in [6.45, 7) is 4.00. The maximum atomic E-state index is 11.8. The van der Waals surface area contributed by atoms with E-state index in [1.165, 1.54) is 5.56 Å². The van der Waals surface area contributed by atoms with Crippen LogP contribution in [0.4, 0.5) is 22.9 Å². The smallest absolute Gasteiger partial charge is 0.218 e. The van der Waals surface area contributed by atoms with Crippen molar-refractivity contribution in [3.63, 3.8) is 0 Å². The molecule has 0 saturated heterocycles. The molecular weight excluding hydrogens is 362 g/mol. The Balaban J connectivity index is 1.93. The first-order valence-electron chi connectivity index (χ1n) is 9.23. The molecule has 1 amide bonds. The standard InChI is InChI=1S/C23H25N5O/c1-16-7-9-18(10-8-16)27(3)13-14-28(15-29)21-6-4-5-19(17(21)2)20-11-12-26-23(25)22(20)24/h4-15H,24H2,1-3H3,(H2,25,26)/b14-13-. The predicted molar refractivity (Wildman–Crippen MR) is 120 cm³/mol. The number of anilines is 4. The summed E-state index contributed by atoms with van der Waals surface area (Å²) in [5, 5.41) is 0. The Bertz CT molecular complexity index is 1040. The van der Waals surface area contributed by atoms with E-state index in [2.05, 4.69) is 17.1 Å². The van der Waals surface area contributed by atoms with Gasteiger partial charge in [-0.05, 0) is 49.2 Å². The van der Waals surface area contributed by atoms with Crippen LogP contribution < -0.4 is 21.3 Å². The van der Waals surface area contributed by atoms with Gasteiger partial charge in [0.05, 0.1) is 11.4 Å². The van der Waals surface area contributed by atoms with Gasteiger partial charge < -0.3 is 16.4 Å². The van der Waals surface area contributed by atoms with Crippen molar-refractivity contribution in [2.45, 2.75) is 13.8 Å². The lowest BCUT2D eigenvalue weighted by Gasteiger charge is -2.20. The highest BCUT2D eigenvalue weighted by Crippen LogP contribution is 2.35. The van der Waals surface area contributed by atoms with Crippen LogP contribution in [-0.4, -0.2) is 18.4 Å². The summed E-state index contributed by atoms with van der Waals surface area (Å²) >= 11 is 0. The zero-order chi connectivity index (χ0) is 21.0. The van der Waals surface area contributed by atoms with Crippen LogP contribution in [0, 0.1) is 13.8 Å². The molecule has 0 radical (unpaired) electrons. The first kappa shape index (κ1) is 19.9. The number of nitrogens with two attached hydrogens (primary N) is 2. The number of rotatable bonds is 6. The fourth-order valence-corrected chi connectivity index (χ4v) is 3.13. The number of amides is 1. The number of pyridine rings is 1. The summed E-state index contributed by atoms with van der Waals surface area (Å²) in [5.74, 6) is 0.291. The van der Waals surface area contributed by atoms with Crippen LogP contribution in [0.25, 0.3) is 11.1 Å². The van der Waals surface area contributed by atoms with Crippen LogP contribution in [0.5, 0.6) is 0 Å². The van der Waals surface area contributed by atoms with Crippen LogP contribution in [0.15, 0.2) is 67.1 Å². The molecule has 0 fully saturated rings. The van der Waals surface area contributed by atoms with E-state index in [4.69, 9.17) is 11.5 Å². The lowest BCUT2D eigenvalue weighted by atomic mass is 9.98. The van der Waals surface area contributed by atoms with Gasteiger partial charge in [0.15, 0.2) is 0 Å². The molecule has 1 aromatic heterocycles. The lowest BCUT2D eigenvalue weighted by molar-refractivity contribution is -0.106. The topological polar surface area (TPSA) is 88.5 Å². The van der Waals surface area contributed by atoms with E-state index in [0.717, 1.165) is 34.5 Å². The molecule has 3 aromatic rings. The monoisotopic (exact) mass is 387 g/mol. The van der Waals surface area contributed by atoms with Crippen molar-refractivity contribution in [3.8, 4) is 11.1 Å². The SMILES string of the molecule is Cc1ccc(N(C)/C=C\N(C=O)c2cccc(-c3ccnc(N)c3N)c2C)cc1. The van der Waals surface area contributed by atoms with Crippen molar-refractivity contribution in [3.05, 3.63) is 78.3 Å². The van der Waals surface area contributed by atoms with Crippen LogP contribution in [0.3, 0.4) is 0 Å². The second-order valence-electron chi connectivity index (χ2n) is 6.86. The molecule has 2 aromatic carbocycles. The zero-order valence-corrected chi connectivity index (χ0v) is 16.8. The number of benzene rings is 2. The Morgan fingerprint density at radius 3 is 2.34 bits per heavy atom. The third kappa shape index (κ3) is 4.21. The Hall–Kier alpha value is -3.80. The van der Waals surface area contributed by atoms with E-state index in [9.17, 15) is 4.79 Å². The van der Waals surface area contributed by atoms with Gasteiger partial charge in [-0.1, -0.05) is 29.8 Å². The van der Waals surface area contributed by atoms with E-state index in [1.54, 1.807) is 17.3 Å². The summed E-state index contributed by atoms with van der Waals surface area (Å²) in [6, 6.07) is 15.7. The van der Waals surface area contributed by atoms with Crippen LogP contribution >= 0.6 is 0 Å². The summed E-state index contributed by atoms with van der Waals surface area (Å²) < 4.78 is 0. The molecule has 0 aliphatic heterocycles. The van der Waals surface area contributed by atoms with Gasteiger partial charge in [0.1, 0.15) is 5.82 Å². The quantitative estimate of drug-likeness (QED) is 0.622. The Morgan fingerprint density at radius 1 is 0.931 bits per heavy atom. The second-order valence-corrected chi connectivity index (χ2v) is 6.86. The molecule has 0 unspecified atom stereocenters. The second kappa shape index (κ2) is 8.48. The highest BCUT2D eigenvalue weighted by atomic mass is 16.1. The van der Waals surface area contributed by atoms with Crippen molar-refractivity contribution in [1.82, 2.24) is 4.98 Å². The third-order valence-electron chi connectivity index (χ3n) is 4.90. The molecule has 0 bridgehead atoms. The van der Waals surface area contributed by atoms with Crippen LogP contribution in [0.2, 0.25) is 0 Å². The molecular formula is C23H25N5O. The number of nitrogen functional groups attached to an aromatic ring is 2. The van der Waals surface area contributed by atoms with Crippen molar-refractivity contribution in [2.24, 2.45) is 0 Å². The summed E-state index contributed by atoms with van der Waals surface area (Å²) in [5.41, 5.74) is 18.0. The average Bonchev–Trinajstić information content (AvgIpc) is 2.72. The first-order chi connectivity index (χ1) is 13.9. The number of nitrogens with zero attached hydrogens (tertiary/aromatic N) is 3. The lowest BCUT2D eigenvalue weighted by Crippen LogP contribution is -2.17. The van der Waals surface area contributed by atoms with E-state index in [1.807, 2.05) is 68.4 Å². The van der Waals surface area contributed by atoms with Gasteiger partial charge in [-0.3, -0.25) is 9.69 Å². The fourth-order valence-electron chi connectivity index (χ4n) is 3.13. The third-order valence-corrected chi connectivity index (χ3v) is 4.90. The van der Waals surface area contributed by atoms with Crippen molar-refractivity contribution < 1.29 is 4.79 Å². The van der Waals surface area contributed by atoms with Crippen molar-refractivity contribution in [1.29, 1.82) is 0 Å². The minimum atomic E-state index is 0.291. The number of carbonyl (C=O) groups is 1. The Morgan fingerprint density at radius 2 is 1.66 bits per heavy atom. The Kier molecular flexibility index (Phi) is 5.83. The first-order valence-corrected chi connectivity index (χ1v) is 9.23. The molecule has 0 aliphatic carbocycles. The van der Waals surface area contributed by atoms with Gasteiger partial charge in [-0.2, -0.15) is 0 Å². The highest BCUT2D eigenvalue weighted by Gasteiger charge is 2.14. The number of aryl methyl sites for hydroxylation is 1. The molecule has 29 heavy (non-hydrogen) atoms. The molecule has 1 heterocycles. The largest absolute Gasteiger partial charge is 0.395 e. The zero-order valence-electron chi connectivity index (χ0n) is 16.8. The molecule has 0 spiro atoms. The van der Waals surface area contributed by atoms with Crippen LogP contribution in [0.1, 0.15) is 11.1 Å². The molecule has 0 aliphatic rings. The molecule has 148 valence electrons. The molecule has 0 saturated carbocycles. The summed E-state index contributed by atoms with van der Waals surface area (Å²) in [4.78, 5) is 19.3. The summed E-state index contributed by atoms with van der Waals surface area (Å²) in [6.07, 6.45) is 6.00. The summed E-state index contributed by atoms with van der Waals surface area (Å²) in [7, 11) is 1.94. The van der Waals surface area contributed by atoms with E-state index < -0.39 is 0 Å². The van der Waals surface area contributed by atoms with E-state index >= 15 is 0 Å². The maximum absolute atomic E-state index is 11.8. The number of aromatic nitrogens is 1. The number of hydrogen-bond donors (Lipinski definition) is 2. The van der Waals surface area contributed by atoms with Gasteiger partial charge in [-0.15, -0.1) is 0 Å². The van der Waals surface area contributed by atoms with Crippen molar-refractivity contribution >= 4 is 29.3 Å². The molecule has 3 rings (SSSR count). The highest BCUT2D eigenvalue weighted by molar-refractivity contribution is 5.89. The minimum Gasteiger partial charge on any atom is -0.395 e. The maximum Gasteiger partial charge on any atom is 0.218 e. The average molecular weight is 387 g/mol. The molecule has 6 heteroatoms. The van der Waals surface area contributed by atoms with Crippen LogP contribution in [-0.2, 0) is 4.79 Å². The van der Waals surface area contributed by atoms with Crippen molar-refractivity contribution in [2.75, 3.05) is 28.3 Å². The molecule has 4 N–H and O–H groups in total. The van der Waals surface area contributed by atoms with Gasteiger partial charge in [-0.25, -0.2) is 4.98 Å². The van der Waals surface area contributed by atoms with Gasteiger partial charge in [0, 0.05) is 36.9 Å². The minimum absolute atomic E-state index is 0.291. The molecule has 0 atom stereocenters. The normalized spacial score (nSPS) is 10.9. The number of hydrogen-bond acceptors (Lipinski definition) is 5. The van der Waals surface area contributed by atoms with E-state index in [-0.39, 0.29) is 0 Å². The molecule has 6 nitrogen and oxygen atoms in total. The van der Waals surface area contributed by atoms with Gasteiger partial charge >= 0.3 is 0 Å².